The first-order valence-electron chi connectivity index (χ1n) is 11.4. The van der Waals surface area contributed by atoms with Gasteiger partial charge in [0.2, 0.25) is 0 Å². The highest BCUT2D eigenvalue weighted by Gasteiger charge is 2.57. The molecule has 6 nitrogen and oxygen atoms in total. The first-order chi connectivity index (χ1) is 16.2. The molecule has 2 atom stereocenters. The predicted octanol–water partition coefficient (Wildman–Crippen LogP) is 3.39. The lowest BCUT2D eigenvalue weighted by molar-refractivity contribution is 0.0123. The summed E-state index contributed by atoms with van der Waals surface area (Å²) >= 11 is 0. The third-order valence-corrected chi connectivity index (χ3v) is 6.69. The van der Waals surface area contributed by atoms with E-state index in [1.807, 2.05) is 60.8 Å². The van der Waals surface area contributed by atoms with E-state index in [1.54, 1.807) is 7.11 Å². The second-order valence-corrected chi connectivity index (χ2v) is 8.60. The molecule has 0 spiro atoms. The molecule has 5 rings (SSSR count). The second kappa shape index (κ2) is 9.43. The number of carbonyl (C=O) groups is 1. The summed E-state index contributed by atoms with van der Waals surface area (Å²) in [5.74, 6) is 0.819. The summed E-state index contributed by atoms with van der Waals surface area (Å²) in [6.45, 7) is 4.71. The van der Waals surface area contributed by atoms with E-state index in [9.17, 15) is 4.79 Å². The maximum Gasteiger partial charge on any atom is 0.190 e. The molecule has 2 unspecified atom stereocenters. The average molecular weight is 444 g/mol. The molecule has 2 saturated heterocycles. The molecule has 0 saturated carbocycles. The van der Waals surface area contributed by atoms with Crippen molar-refractivity contribution in [3.63, 3.8) is 0 Å². The lowest BCUT2D eigenvalue weighted by Gasteiger charge is -2.46. The van der Waals surface area contributed by atoms with Crippen LogP contribution in [0.2, 0.25) is 0 Å². The van der Waals surface area contributed by atoms with Gasteiger partial charge in [-0.15, -0.1) is 0 Å². The molecule has 2 aliphatic heterocycles. The van der Waals surface area contributed by atoms with Crippen LogP contribution in [0.25, 0.3) is 0 Å². The number of hydrogen-bond donors (Lipinski definition) is 0. The van der Waals surface area contributed by atoms with Crippen molar-refractivity contribution in [1.82, 2.24) is 14.8 Å². The number of hydrogen-bond acceptors (Lipinski definition) is 6. The minimum atomic E-state index is -0.840. The molecule has 33 heavy (non-hydrogen) atoms. The van der Waals surface area contributed by atoms with Crippen LogP contribution in [-0.2, 0) is 16.8 Å². The molecule has 6 heteroatoms. The number of Topliss-reactive ketones (excluding diaryl/α,β-unsaturated/α-hetero) is 1. The predicted molar refractivity (Wildman–Crippen MR) is 126 cm³/mol. The average Bonchev–Trinajstić information content (AvgIpc) is 3.73. The molecule has 1 aromatic heterocycles. The van der Waals surface area contributed by atoms with Crippen molar-refractivity contribution in [1.29, 1.82) is 0 Å². The van der Waals surface area contributed by atoms with Crippen LogP contribution in [0.4, 0.5) is 0 Å². The number of rotatable bonds is 8. The third-order valence-electron chi connectivity index (χ3n) is 6.69. The Bertz CT molecular complexity index is 1060. The van der Waals surface area contributed by atoms with Gasteiger partial charge in [-0.05, 0) is 42.0 Å². The van der Waals surface area contributed by atoms with Crippen LogP contribution in [0.1, 0.15) is 21.6 Å². The molecular weight excluding hydrogens is 414 g/mol. The lowest BCUT2D eigenvalue weighted by atomic mass is 9.77. The zero-order valence-corrected chi connectivity index (χ0v) is 18.9. The van der Waals surface area contributed by atoms with E-state index in [0.717, 1.165) is 49.7 Å². The van der Waals surface area contributed by atoms with Gasteiger partial charge in [0.05, 0.1) is 19.4 Å². The Labute approximate surface area is 194 Å². The molecule has 0 aliphatic carbocycles. The van der Waals surface area contributed by atoms with Crippen LogP contribution in [0.5, 0.6) is 5.75 Å². The standard InChI is InChI=1S/C27H29N3O3/c1-32-24-12-10-21(11-13-24)26(31)27(25-20-33-25,22-7-3-2-4-8-22)30-17-15-29(16-18-30)19-23-9-5-6-14-28-23/h2-14,25H,15-20H2,1H3. The van der Waals surface area contributed by atoms with Gasteiger partial charge in [-0.2, -0.15) is 0 Å². The van der Waals surface area contributed by atoms with Crippen LogP contribution in [0.3, 0.4) is 0 Å². The number of epoxide rings is 1. The SMILES string of the molecule is COc1ccc(C(=O)C(c2ccccc2)(C2CO2)N2CCN(Cc3ccccn3)CC2)cc1. The van der Waals surface area contributed by atoms with Crippen LogP contribution in [0, 0.1) is 0 Å². The fourth-order valence-electron chi connectivity index (χ4n) is 4.92. The first-order valence-corrected chi connectivity index (χ1v) is 11.4. The van der Waals surface area contributed by atoms with Crippen LogP contribution in [0.15, 0.2) is 79.0 Å². The fourth-order valence-corrected chi connectivity index (χ4v) is 4.92. The molecule has 2 aliphatic rings. The normalized spacial score (nSPS) is 20.7. The maximum absolute atomic E-state index is 14.2. The smallest absolute Gasteiger partial charge is 0.190 e. The molecule has 0 radical (unpaired) electrons. The van der Waals surface area contributed by atoms with Crippen molar-refractivity contribution >= 4 is 5.78 Å². The molecule has 0 N–H and O–H groups in total. The van der Waals surface area contributed by atoms with E-state index in [4.69, 9.17) is 9.47 Å². The number of carbonyl (C=O) groups excluding carboxylic acids is 1. The number of aromatic nitrogens is 1. The molecule has 3 aromatic rings. The summed E-state index contributed by atoms with van der Waals surface area (Å²) in [6.07, 6.45) is 1.68. The van der Waals surface area contributed by atoms with E-state index >= 15 is 0 Å². The molecule has 2 aromatic carbocycles. The Balaban J connectivity index is 1.45. The second-order valence-electron chi connectivity index (χ2n) is 8.60. The summed E-state index contributed by atoms with van der Waals surface area (Å²) < 4.78 is 11.2. The minimum Gasteiger partial charge on any atom is -0.497 e. The first kappa shape index (κ1) is 21.8. The highest BCUT2D eigenvalue weighted by atomic mass is 16.6. The quantitative estimate of drug-likeness (QED) is 0.393. The highest BCUT2D eigenvalue weighted by molar-refractivity contribution is 6.04. The van der Waals surface area contributed by atoms with Crippen molar-refractivity contribution in [3.05, 3.63) is 95.8 Å². The molecule has 0 bridgehead atoms. The Morgan fingerprint density at radius 1 is 1.00 bits per heavy atom. The fraction of sp³-hybridized carbons (Fsp3) is 0.333. The van der Waals surface area contributed by atoms with Gasteiger partial charge in [0, 0.05) is 44.5 Å². The number of piperazine rings is 1. The van der Waals surface area contributed by atoms with Crippen LogP contribution < -0.4 is 4.74 Å². The Morgan fingerprint density at radius 3 is 2.30 bits per heavy atom. The molecular formula is C27H29N3O3. The van der Waals surface area contributed by atoms with Crippen molar-refractivity contribution < 1.29 is 14.3 Å². The zero-order chi connectivity index (χ0) is 22.7. The summed E-state index contributed by atoms with van der Waals surface area (Å²) in [5.41, 5.74) is 1.89. The third kappa shape index (κ3) is 4.29. The molecule has 170 valence electrons. The van der Waals surface area contributed by atoms with E-state index in [2.05, 4.69) is 33.0 Å². The zero-order valence-electron chi connectivity index (χ0n) is 18.9. The van der Waals surface area contributed by atoms with Gasteiger partial charge in [0.1, 0.15) is 17.4 Å². The van der Waals surface area contributed by atoms with Gasteiger partial charge in [-0.3, -0.25) is 19.6 Å². The van der Waals surface area contributed by atoms with E-state index in [0.29, 0.717) is 12.2 Å². The van der Waals surface area contributed by atoms with Gasteiger partial charge in [-0.1, -0.05) is 36.4 Å². The molecule has 3 heterocycles. The molecule has 0 amide bonds. The van der Waals surface area contributed by atoms with Crippen molar-refractivity contribution in [2.75, 3.05) is 39.9 Å². The summed E-state index contributed by atoms with van der Waals surface area (Å²) in [6, 6.07) is 23.6. The Kier molecular flexibility index (Phi) is 6.22. The van der Waals surface area contributed by atoms with E-state index < -0.39 is 5.54 Å². The van der Waals surface area contributed by atoms with Crippen LogP contribution >= 0.6 is 0 Å². The summed E-state index contributed by atoms with van der Waals surface area (Å²) in [4.78, 5) is 23.4. The van der Waals surface area contributed by atoms with Gasteiger partial charge in [0.25, 0.3) is 0 Å². The Morgan fingerprint density at radius 2 is 1.70 bits per heavy atom. The van der Waals surface area contributed by atoms with E-state index in [-0.39, 0.29) is 11.9 Å². The number of ether oxygens (including phenoxy) is 2. The molecule has 2 fully saturated rings. The number of ketones is 1. The Hall–Kier alpha value is -3.06. The minimum absolute atomic E-state index is 0.0806. The van der Waals surface area contributed by atoms with Crippen molar-refractivity contribution in [2.45, 2.75) is 18.2 Å². The van der Waals surface area contributed by atoms with Gasteiger partial charge in [-0.25, -0.2) is 0 Å². The van der Waals surface area contributed by atoms with E-state index in [1.165, 1.54) is 0 Å². The van der Waals surface area contributed by atoms with Crippen LogP contribution in [-0.4, -0.2) is 66.6 Å². The number of nitrogens with zero attached hydrogens (tertiary/aromatic N) is 3. The summed E-state index contributed by atoms with van der Waals surface area (Å²) in [7, 11) is 1.63. The number of methoxy groups -OCH3 is 1. The summed E-state index contributed by atoms with van der Waals surface area (Å²) in [5, 5.41) is 0. The topological polar surface area (TPSA) is 58.2 Å². The van der Waals surface area contributed by atoms with Gasteiger partial charge < -0.3 is 9.47 Å². The lowest BCUT2D eigenvalue weighted by Crippen LogP contribution is -2.61. The van der Waals surface area contributed by atoms with Crippen molar-refractivity contribution in [3.8, 4) is 5.75 Å². The van der Waals surface area contributed by atoms with Crippen molar-refractivity contribution in [2.24, 2.45) is 0 Å². The van der Waals surface area contributed by atoms with Gasteiger partial charge in [0.15, 0.2) is 5.78 Å². The monoisotopic (exact) mass is 443 g/mol. The van der Waals surface area contributed by atoms with Gasteiger partial charge >= 0.3 is 0 Å². The number of pyridine rings is 1. The highest BCUT2D eigenvalue weighted by Crippen LogP contribution is 2.43. The number of benzene rings is 2. The largest absolute Gasteiger partial charge is 0.497 e. The maximum atomic E-state index is 14.2.